The van der Waals surface area contributed by atoms with Gasteiger partial charge in [-0.2, -0.15) is 0 Å². The molecule has 1 heterocycles. The average molecular weight is 414 g/mol. The van der Waals surface area contributed by atoms with Crippen LogP contribution in [-0.2, 0) is 20.9 Å². The predicted molar refractivity (Wildman–Crippen MR) is 114 cm³/mol. The van der Waals surface area contributed by atoms with Crippen molar-refractivity contribution in [3.63, 3.8) is 0 Å². The van der Waals surface area contributed by atoms with E-state index in [1.165, 1.54) is 0 Å². The number of rotatable bonds is 9. The van der Waals surface area contributed by atoms with Gasteiger partial charge in [-0.1, -0.05) is 30.7 Å². The Hall–Kier alpha value is -2.44. The number of aryl methyl sites for hydroxylation is 2. The van der Waals surface area contributed by atoms with Gasteiger partial charge < -0.3 is 19.0 Å². The third kappa shape index (κ3) is 6.03. The van der Waals surface area contributed by atoms with Crippen LogP contribution < -0.4 is 0 Å². The largest absolute Gasteiger partial charge is 0.478 e. The zero-order chi connectivity index (χ0) is 21.5. The average Bonchev–Trinajstić information content (AvgIpc) is 3.10. The Balaban J connectivity index is 1.53. The third-order valence-corrected chi connectivity index (χ3v) is 5.39. The standard InChI is InChI=1S/C24H31NO5/c1-4-7-19(24(26)27)14-28-20-10-6-11-21(13-20)29-15-22-17(3)30-23(25-22)18-9-5-8-16(2)12-18/h5,7-9,12,20-21H,4,6,10-11,13-15H2,1-3H3,(H,26,27). The van der Waals surface area contributed by atoms with Gasteiger partial charge >= 0.3 is 5.97 Å². The van der Waals surface area contributed by atoms with Crippen LogP contribution >= 0.6 is 0 Å². The first-order valence-corrected chi connectivity index (χ1v) is 10.6. The van der Waals surface area contributed by atoms with Crippen LogP contribution in [0.1, 0.15) is 56.0 Å². The minimum atomic E-state index is -0.911. The molecule has 0 saturated heterocycles. The molecule has 1 saturated carbocycles. The van der Waals surface area contributed by atoms with Gasteiger partial charge in [0, 0.05) is 5.56 Å². The van der Waals surface area contributed by atoms with Crippen molar-refractivity contribution in [2.24, 2.45) is 0 Å². The molecular formula is C24H31NO5. The fourth-order valence-corrected chi connectivity index (χ4v) is 3.73. The SMILES string of the molecule is CCC=C(COC1CCCC(OCc2nc(-c3cccc(C)c3)oc2C)C1)C(=O)O. The summed E-state index contributed by atoms with van der Waals surface area (Å²) in [6, 6.07) is 8.08. The second-order valence-corrected chi connectivity index (χ2v) is 7.87. The molecule has 6 nitrogen and oxygen atoms in total. The van der Waals surface area contributed by atoms with Gasteiger partial charge in [-0.15, -0.1) is 0 Å². The van der Waals surface area contributed by atoms with Crippen LogP contribution in [0.5, 0.6) is 0 Å². The lowest BCUT2D eigenvalue weighted by Crippen LogP contribution is -2.29. The number of carboxylic acids is 1. The maximum atomic E-state index is 11.3. The molecule has 0 spiro atoms. The summed E-state index contributed by atoms with van der Waals surface area (Å²) in [5.74, 6) is 0.473. The van der Waals surface area contributed by atoms with E-state index in [9.17, 15) is 9.90 Å². The van der Waals surface area contributed by atoms with Crippen molar-refractivity contribution in [1.82, 2.24) is 4.98 Å². The van der Waals surface area contributed by atoms with Gasteiger partial charge in [0.2, 0.25) is 5.89 Å². The number of oxazole rings is 1. The Labute approximate surface area is 177 Å². The molecule has 2 unspecified atom stereocenters. The number of benzene rings is 1. The summed E-state index contributed by atoms with van der Waals surface area (Å²) in [5.41, 5.74) is 3.26. The molecule has 1 aliphatic rings. The topological polar surface area (TPSA) is 81.8 Å². The van der Waals surface area contributed by atoms with Crippen LogP contribution in [0.25, 0.3) is 11.5 Å². The van der Waals surface area contributed by atoms with E-state index >= 15 is 0 Å². The van der Waals surface area contributed by atoms with Crippen molar-refractivity contribution in [2.45, 2.75) is 71.7 Å². The van der Waals surface area contributed by atoms with Crippen LogP contribution in [0, 0.1) is 13.8 Å². The number of hydrogen-bond donors (Lipinski definition) is 1. The highest BCUT2D eigenvalue weighted by Crippen LogP contribution is 2.27. The number of nitrogens with zero attached hydrogens (tertiary/aromatic N) is 1. The molecule has 1 N–H and O–H groups in total. The predicted octanol–water partition coefficient (Wildman–Crippen LogP) is 5.22. The molecule has 30 heavy (non-hydrogen) atoms. The van der Waals surface area contributed by atoms with E-state index in [1.54, 1.807) is 6.08 Å². The van der Waals surface area contributed by atoms with Crippen LogP contribution in [0.4, 0.5) is 0 Å². The second kappa shape index (κ2) is 10.5. The lowest BCUT2D eigenvalue weighted by Gasteiger charge is -2.29. The minimum Gasteiger partial charge on any atom is -0.478 e. The van der Waals surface area contributed by atoms with Gasteiger partial charge in [-0.3, -0.25) is 0 Å². The fraction of sp³-hybridized carbons (Fsp3) is 0.500. The highest BCUT2D eigenvalue weighted by Gasteiger charge is 2.25. The highest BCUT2D eigenvalue weighted by molar-refractivity contribution is 5.86. The summed E-state index contributed by atoms with van der Waals surface area (Å²) in [5, 5.41) is 9.23. The van der Waals surface area contributed by atoms with E-state index in [0.29, 0.717) is 24.5 Å². The number of allylic oxidation sites excluding steroid dienone is 1. The van der Waals surface area contributed by atoms with Gasteiger partial charge in [0.05, 0.1) is 31.0 Å². The maximum Gasteiger partial charge on any atom is 0.333 e. The summed E-state index contributed by atoms with van der Waals surface area (Å²) in [6.45, 7) is 6.41. The highest BCUT2D eigenvalue weighted by atomic mass is 16.5. The number of carboxylic acid groups (broad SMARTS) is 1. The monoisotopic (exact) mass is 413 g/mol. The first-order chi connectivity index (χ1) is 14.5. The third-order valence-electron chi connectivity index (χ3n) is 5.39. The van der Waals surface area contributed by atoms with Gasteiger partial charge in [-0.25, -0.2) is 9.78 Å². The smallest absolute Gasteiger partial charge is 0.333 e. The quantitative estimate of drug-likeness (QED) is 0.567. The maximum absolute atomic E-state index is 11.3. The molecule has 1 aromatic heterocycles. The first-order valence-electron chi connectivity index (χ1n) is 10.6. The summed E-state index contributed by atoms with van der Waals surface area (Å²) in [4.78, 5) is 15.9. The zero-order valence-corrected chi connectivity index (χ0v) is 18.0. The minimum absolute atomic E-state index is 0.0182. The summed E-state index contributed by atoms with van der Waals surface area (Å²) >= 11 is 0. The molecule has 2 aromatic rings. The van der Waals surface area contributed by atoms with Crippen LogP contribution in [-0.4, -0.2) is 34.9 Å². The normalized spacial score (nSPS) is 19.8. The molecule has 162 valence electrons. The Bertz CT molecular complexity index is 885. The second-order valence-electron chi connectivity index (χ2n) is 7.87. The molecule has 6 heteroatoms. The molecule has 0 radical (unpaired) electrons. The summed E-state index contributed by atoms with van der Waals surface area (Å²) < 4.78 is 17.8. The van der Waals surface area contributed by atoms with E-state index in [4.69, 9.17) is 13.9 Å². The van der Waals surface area contributed by atoms with Gasteiger partial charge in [-0.05, 0) is 58.1 Å². The van der Waals surface area contributed by atoms with Crippen LogP contribution in [0.15, 0.2) is 40.3 Å². The van der Waals surface area contributed by atoms with Crippen molar-refractivity contribution in [1.29, 1.82) is 0 Å². The molecule has 1 aromatic carbocycles. The summed E-state index contributed by atoms with van der Waals surface area (Å²) in [7, 11) is 0. The van der Waals surface area contributed by atoms with Crippen LogP contribution in [0.3, 0.4) is 0 Å². The van der Waals surface area contributed by atoms with Crippen molar-refractivity contribution in [3.05, 3.63) is 52.9 Å². The van der Waals surface area contributed by atoms with Crippen molar-refractivity contribution < 1.29 is 23.8 Å². The lowest BCUT2D eigenvalue weighted by molar-refractivity contribution is -0.133. The lowest BCUT2D eigenvalue weighted by atomic mass is 9.95. The Morgan fingerprint density at radius 2 is 2.03 bits per heavy atom. The van der Waals surface area contributed by atoms with E-state index in [0.717, 1.165) is 48.3 Å². The molecule has 0 amide bonds. The molecule has 1 fully saturated rings. The Kier molecular flexibility index (Phi) is 7.82. The van der Waals surface area contributed by atoms with Crippen molar-refractivity contribution in [2.75, 3.05) is 6.61 Å². The molecule has 2 atom stereocenters. The number of ether oxygens (including phenoxy) is 2. The van der Waals surface area contributed by atoms with Crippen molar-refractivity contribution in [3.8, 4) is 11.5 Å². The van der Waals surface area contributed by atoms with Gasteiger partial charge in [0.1, 0.15) is 11.5 Å². The van der Waals surface area contributed by atoms with E-state index in [-0.39, 0.29) is 18.8 Å². The molecule has 3 rings (SSSR count). The zero-order valence-electron chi connectivity index (χ0n) is 18.0. The van der Waals surface area contributed by atoms with Crippen LogP contribution in [0.2, 0.25) is 0 Å². The number of carbonyl (C=O) groups is 1. The van der Waals surface area contributed by atoms with E-state index < -0.39 is 5.97 Å². The first kappa shape index (κ1) is 22.2. The number of hydrogen-bond acceptors (Lipinski definition) is 5. The number of aromatic nitrogens is 1. The van der Waals surface area contributed by atoms with Gasteiger partial charge in [0.15, 0.2) is 0 Å². The molecule has 0 aliphatic heterocycles. The molecule has 0 bridgehead atoms. The van der Waals surface area contributed by atoms with E-state index in [2.05, 4.69) is 11.1 Å². The fourth-order valence-electron chi connectivity index (χ4n) is 3.73. The molecular weight excluding hydrogens is 382 g/mol. The van der Waals surface area contributed by atoms with E-state index in [1.807, 2.05) is 39.0 Å². The Morgan fingerprint density at radius 3 is 2.73 bits per heavy atom. The van der Waals surface area contributed by atoms with Crippen molar-refractivity contribution >= 4 is 5.97 Å². The summed E-state index contributed by atoms with van der Waals surface area (Å²) in [6.07, 6.45) is 6.15. The number of aliphatic carboxylic acids is 1. The molecule has 1 aliphatic carbocycles. The van der Waals surface area contributed by atoms with Gasteiger partial charge in [0.25, 0.3) is 0 Å². The Morgan fingerprint density at radius 1 is 1.27 bits per heavy atom.